The highest BCUT2D eigenvalue weighted by Crippen LogP contribution is 2.31. The Morgan fingerprint density at radius 2 is 2.14 bits per heavy atom. The highest BCUT2D eigenvalue weighted by Gasteiger charge is 2.30. The number of aryl methyl sites for hydroxylation is 1. The summed E-state index contributed by atoms with van der Waals surface area (Å²) in [5.41, 5.74) is 0.0484. The molecule has 1 heterocycles. The highest BCUT2D eigenvalue weighted by atomic mass is 35.5. The molecule has 0 fully saturated rings. The third kappa shape index (κ3) is 4.64. The van der Waals surface area contributed by atoms with Crippen molar-refractivity contribution >= 4 is 23.4 Å². The van der Waals surface area contributed by atoms with Gasteiger partial charge in [0.15, 0.2) is 0 Å². The van der Waals surface area contributed by atoms with Gasteiger partial charge in [0.2, 0.25) is 0 Å². The van der Waals surface area contributed by atoms with Crippen LogP contribution in [0.15, 0.2) is 35.4 Å². The van der Waals surface area contributed by atoms with E-state index in [1.165, 1.54) is 17.8 Å². The Labute approximate surface area is 129 Å². The molecule has 2 rings (SSSR count). The molecule has 0 saturated carbocycles. The summed E-state index contributed by atoms with van der Waals surface area (Å²) in [7, 11) is 0. The van der Waals surface area contributed by atoms with Crippen molar-refractivity contribution in [1.29, 1.82) is 0 Å². The quantitative estimate of drug-likeness (QED) is 0.600. The fraction of sp³-hybridized carbons (Fsp3) is 0.385. The van der Waals surface area contributed by atoms with Crippen LogP contribution >= 0.6 is 23.4 Å². The molecule has 0 saturated heterocycles. The maximum absolute atomic E-state index is 12.6. The van der Waals surface area contributed by atoms with Gasteiger partial charge in [-0.15, -0.1) is 28.5 Å². The number of benzene rings is 1. The van der Waals surface area contributed by atoms with Crippen molar-refractivity contribution in [3.63, 3.8) is 0 Å². The van der Waals surface area contributed by atoms with E-state index in [9.17, 15) is 13.2 Å². The summed E-state index contributed by atoms with van der Waals surface area (Å²) >= 11 is 7.22. The average Bonchev–Trinajstić information content (AvgIpc) is 2.87. The summed E-state index contributed by atoms with van der Waals surface area (Å²) in [6.45, 7) is 2.35. The summed E-state index contributed by atoms with van der Waals surface area (Å²) in [6.07, 6.45) is -2.57. The topological polar surface area (TPSA) is 30.7 Å². The maximum atomic E-state index is 12.6. The third-order valence-corrected chi connectivity index (χ3v) is 3.91. The number of nitrogens with zero attached hydrogens (tertiary/aromatic N) is 3. The van der Waals surface area contributed by atoms with Crippen molar-refractivity contribution in [2.75, 3.05) is 5.75 Å². The first-order chi connectivity index (χ1) is 9.86. The molecule has 21 heavy (non-hydrogen) atoms. The average molecular weight is 336 g/mol. The van der Waals surface area contributed by atoms with Crippen LogP contribution in [0.2, 0.25) is 0 Å². The van der Waals surface area contributed by atoms with Crippen molar-refractivity contribution in [2.24, 2.45) is 0 Å². The van der Waals surface area contributed by atoms with E-state index in [0.717, 1.165) is 12.1 Å². The monoisotopic (exact) mass is 335 g/mol. The van der Waals surface area contributed by atoms with Crippen LogP contribution in [0.3, 0.4) is 0 Å². The molecular formula is C13H13ClF3N3S. The van der Waals surface area contributed by atoms with E-state index >= 15 is 0 Å². The molecule has 0 radical (unpaired) electrons. The van der Waals surface area contributed by atoms with Crippen LogP contribution in [-0.4, -0.2) is 20.7 Å². The lowest BCUT2D eigenvalue weighted by molar-refractivity contribution is -0.137. The minimum absolute atomic E-state index is 0.213. The Balaban J connectivity index is 1.91. The number of halogens is 4. The molecule has 8 heteroatoms. The molecule has 1 aromatic carbocycles. The van der Waals surface area contributed by atoms with Crippen molar-refractivity contribution in [1.82, 2.24) is 15.0 Å². The minimum Gasteiger partial charge on any atom is -0.251 e. The first kappa shape index (κ1) is 16.2. The Morgan fingerprint density at radius 1 is 1.38 bits per heavy atom. The van der Waals surface area contributed by atoms with E-state index in [1.807, 2.05) is 0 Å². The molecule has 0 aliphatic rings. The zero-order valence-corrected chi connectivity index (χ0v) is 12.7. The van der Waals surface area contributed by atoms with Crippen LogP contribution in [0.25, 0.3) is 0 Å². The minimum atomic E-state index is -4.31. The molecule has 1 aromatic heterocycles. The van der Waals surface area contributed by atoms with Gasteiger partial charge in [-0.05, 0) is 25.1 Å². The fourth-order valence-corrected chi connectivity index (χ4v) is 2.62. The Bertz CT molecular complexity index is 598. The van der Waals surface area contributed by atoms with Crippen LogP contribution in [0.4, 0.5) is 13.2 Å². The van der Waals surface area contributed by atoms with E-state index in [0.29, 0.717) is 22.9 Å². The molecule has 1 unspecified atom stereocenters. The molecule has 0 aliphatic heterocycles. The van der Waals surface area contributed by atoms with Gasteiger partial charge in [-0.1, -0.05) is 11.3 Å². The van der Waals surface area contributed by atoms with Crippen LogP contribution in [0.1, 0.15) is 23.6 Å². The van der Waals surface area contributed by atoms with Crippen molar-refractivity contribution in [3.8, 4) is 0 Å². The lowest BCUT2D eigenvalue weighted by Crippen LogP contribution is -2.05. The molecule has 1 atom stereocenters. The highest BCUT2D eigenvalue weighted by molar-refractivity contribution is 7.99. The zero-order valence-electron chi connectivity index (χ0n) is 11.1. The Hall–Kier alpha value is -1.21. The van der Waals surface area contributed by atoms with Gasteiger partial charge in [0.1, 0.15) is 5.69 Å². The summed E-state index contributed by atoms with van der Waals surface area (Å²) in [5.74, 6) is 0.598. The first-order valence-corrected chi connectivity index (χ1v) is 7.62. The SMILES string of the molecule is CC(Cl)c1cn(CCSc2cccc(C(F)(F)F)c2)nn1. The van der Waals surface area contributed by atoms with Crippen LogP contribution in [0, 0.1) is 0 Å². The molecule has 0 N–H and O–H groups in total. The molecule has 2 aromatic rings. The van der Waals surface area contributed by atoms with Crippen molar-refractivity contribution in [2.45, 2.75) is 29.9 Å². The number of hydrogen-bond donors (Lipinski definition) is 0. The Kier molecular flexibility index (Phi) is 5.16. The van der Waals surface area contributed by atoms with Gasteiger partial charge in [-0.2, -0.15) is 13.2 Å². The van der Waals surface area contributed by atoms with E-state index in [1.54, 1.807) is 23.9 Å². The molecule has 0 amide bonds. The van der Waals surface area contributed by atoms with E-state index in [2.05, 4.69) is 10.3 Å². The predicted molar refractivity (Wildman–Crippen MR) is 76.5 cm³/mol. The molecule has 0 spiro atoms. The first-order valence-electron chi connectivity index (χ1n) is 6.20. The zero-order chi connectivity index (χ0) is 15.5. The summed E-state index contributed by atoms with van der Waals surface area (Å²) < 4.78 is 39.4. The second-order valence-electron chi connectivity index (χ2n) is 4.40. The number of thioether (sulfide) groups is 1. The number of hydrogen-bond acceptors (Lipinski definition) is 3. The number of alkyl halides is 4. The third-order valence-electron chi connectivity index (χ3n) is 2.71. The maximum Gasteiger partial charge on any atom is 0.416 e. The largest absolute Gasteiger partial charge is 0.416 e. The van der Waals surface area contributed by atoms with Gasteiger partial charge in [0.25, 0.3) is 0 Å². The summed E-state index contributed by atoms with van der Waals surface area (Å²) in [6, 6.07) is 5.29. The smallest absolute Gasteiger partial charge is 0.251 e. The summed E-state index contributed by atoms with van der Waals surface area (Å²) in [4.78, 5) is 0.580. The molecular weight excluding hydrogens is 323 g/mol. The number of rotatable bonds is 5. The van der Waals surface area contributed by atoms with Gasteiger partial charge < -0.3 is 0 Å². The summed E-state index contributed by atoms with van der Waals surface area (Å²) in [5, 5.41) is 7.61. The van der Waals surface area contributed by atoms with Gasteiger partial charge in [-0.25, -0.2) is 0 Å². The molecule has 0 aliphatic carbocycles. The lowest BCUT2D eigenvalue weighted by atomic mass is 10.2. The number of aromatic nitrogens is 3. The van der Waals surface area contributed by atoms with E-state index in [4.69, 9.17) is 11.6 Å². The van der Waals surface area contributed by atoms with Crippen LogP contribution < -0.4 is 0 Å². The second-order valence-corrected chi connectivity index (χ2v) is 6.22. The van der Waals surface area contributed by atoms with E-state index in [-0.39, 0.29) is 5.38 Å². The molecule has 0 bridgehead atoms. The lowest BCUT2D eigenvalue weighted by Gasteiger charge is -2.08. The molecule has 3 nitrogen and oxygen atoms in total. The van der Waals surface area contributed by atoms with Gasteiger partial charge in [0.05, 0.1) is 17.5 Å². The normalized spacial score (nSPS) is 13.4. The second kappa shape index (κ2) is 6.70. The standard InChI is InChI=1S/C13H13ClF3N3S/c1-9(14)12-8-20(19-18-12)5-6-21-11-4-2-3-10(7-11)13(15,16)17/h2-4,7-9H,5-6H2,1H3. The van der Waals surface area contributed by atoms with Gasteiger partial charge in [-0.3, -0.25) is 4.68 Å². The van der Waals surface area contributed by atoms with Gasteiger partial charge in [0, 0.05) is 16.8 Å². The van der Waals surface area contributed by atoms with Crippen LogP contribution in [0.5, 0.6) is 0 Å². The predicted octanol–water partition coefficient (Wildman–Crippen LogP) is 4.39. The van der Waals surface area contributed by atoms with E-state index < -0.39 is 11.7 Å². The van der Waals surface area contributed by atoms with Crippen LogP contribution in [-0.2, 0) is 12.7 Å². The van der Waals surface area contributed by atoms with Gasteiger partial charge >= 0.3 is 6.18 Å². The fourth-order valence-electron chi connectivity index (χ4n) is 1.62. The van der Waals surface area contributed by atoms with Crippen molar-refractivity contribution in [3.05, 3.63) is 41.7 Å². The molecule has 114 valence electrons. The Morgan fingerprint density at radius 3 is 2.76 bits per heavy atom. The van der Waals surface area contributed by atoms with Crippen molar-refractivity contribution < 1.29 is 13.2 Å².